The van der Waals surface area contributed by atoms with E-state index in [-0.39, 0.29) is 23.7 Å². The Morgan fingerprint density at radius 3 is 2.25 bits per heavy atom. The summed E-state index contributed by atoms with van der Waals surface area (Å²) in [5, 5.41) is 6.46. The van der Waals surface area contributed by atoms with Crippen molar-refractivity contribution in [3.8, 4) is 0 Å². The summed E-state index contributed by atoms with van der Waals surface area (Å²) in [6.45, 7) is 5.04. The highest BCUT2D eigenvalue weighted by atomic mass is 35.5. The van der Waals surface area contributed by atoms with Gasteiger partial charge in [-0.15, -0.1) is 0 Å². The number of carbonyl (C=O) groups is 2. The summed E-state index contributed by atoms with van der Waals surface area (Å²) in [6, 6.07) is 7.24. The van der Waals surface area contributed by atoms with Crippen LogP contribution in [0.5, 0.6) is 0 Å². The Kier molecular flexibility index (Phi) is 7.10. The van der Waals surface area contributed by atoms with Crippen LogP contribution in [-0.2, 0) is 9.59 Å². The number of benzene rings is 1. The van der Waals surface area contributed by atoms with Gasteiger partial charge in [-0.25, -0.2) is 0 Å². The van der Waals surface area contributed by atoms with Crippen LogP contribution in [0.4, 0.5) is 5.69 Å². The molecule has 1 aliphatic carbocycles. The van der Waals surface area contributed by atoms with E-state index in [4.69, 9.17) is 11.6 Å². The third-order valence-electron chi connectivity index (χ3n) is 4.62. The number of nitrogens with one attached hydrogen (secondary N) is 2. The van der Waals surface area contributed by atoms with Gasteiger partial charge in [0.05, 0.1) is 10.7 Å². The van der Waals surface area contributed by atoms with Gasteiger partial charge in [-0.1, -0.05) is 37.6 Å². The Hall–Kier alpha value is -1.55. The Labute approximate surface area is 149 Å². The lowest BCUT2D eigenvalue weighted by Crippen LogP contribution is -2.36. The minimum atomic E-state index is -0.0408. The maximum Gasteiger partial charge on any atom is 0.227 e. The van der Waals surface area contributed by atoms with E-state index in [0.29, 0.717) is 16.6 Å². The molecule has 0 aromatic heterocycles. The number of anilines is 1. The normalized spacial score (nSPS) is 20.7. The van der Waals surface area contributed by atoms with E-state index in [9.17, 15) is 9.59 Å². The second-order valence-corrected chi connectivity index (χ2v) is 7.40. The molecule has 2 amide bonds. The van der Waals surface area contributed by atoms with Crippen LogP contribution in [0.3, 0.4) is 0 Å². The molecule has 5 heteroatoms. The van der Waals surface area contributed by atoms with Gasteiger partial charge in [0.25, 0.3) is 0 Å². The lowest BCUT2D eigenvalue weighted by molar-refractivity contribution is -0.128. The summed E-state index contributed by atoms with van der Waals surface area (Å²) in [7, 11) is 0. The number of amides is 2. The van der Waals surface area contributed by atoms with Gasteiger partial charge >= 0.3 is 0 Å². The second-order valence-electron chi connectivity index (χ2n) is 6.99. The van der Waals surface area contributed by atoms with Gasteiger partial charge in [-0.05, 0) is 50.2 Å². The lowest BCUT2D eigenvalue weighted by atomic mass is 9.81. The maximum absolute atomic E-state index is 12.4. The maximum atomic E-state index is 12.4. The van der Waals surface area contributed by atoms with Crippen molar-refractivity contribution in [2.45, 2.75) is 46.0 Å². The van der Waals surface area contributed by atoms with Crippen LogP contribution in [0, 0.1) is 17.8 Å². The van der Waals surface area contributed by atoms with Crippen LogP contribution in [0.15, 0.2) is 24.3 Å². The highest BCUT2D eigenvalue weighted by Crippen LogP contribution is 2.30. The number of hydrogen-bond donors (Lipinski definition) is 2. The fraction of sp³-hybridized carbons (Fsp3) is 0.579. The molecule has 1 aliphatic rings. The summed E-state index contributed by atoms with van der Waals surface area (Å²) < 4.78 is 0. The van der Waals surface area contributed by atoms with E-state index in [0.717, 1.165) is 38.6 Å². The summed E-state index contributed by atoms with van der Waals surface area (Å²) in [4.78, 5) is 24.5. The van der Waals surface area contributed by atoms with Crippen molar-refractivity contribution < 1.29 is 9.59 Å². The molecule has 1 aromatic rings. The SMILES string of the molecule is CC(C)CCNC(=O)C1CCC(C(=O)Nc2ccccc2Cl)CC1. The zero-order valence-corrected chi connectivity index (χ0v) is 15.2. The lowest BCUT2D eigenvalue weighted by Gasteiger charge is -2.27. The minimum absolute atomic E-state index is 0.00164. The first-order valence-corrected chi connectivity index (χ1v) is 9.18. The quantitative estimate of drug-likeness (QED) is 0.805. The van der Waals surface area contributed by atoms with Gasteiger partial charge in [0.1, 0.15) is 0 Å². The first kappa shape index (κ1) is 18.8. The number of rotatable bonds is 6. The molecule has 0 heterocycles. The molecule has 0 atom stereocenters. The highest BCUT2D eigenvalue weighted by Gasteiger charge is 2.30. The first-order chi connectivity index (χ1) is 11.5. The van der Waals surface area contributed by atoms with Gasteiger partial charge in [0.15, 0.2) is 0 Å². The molecule has 0 bridgehead atoms. The van der Waals surface area contributed by atoms with Gasteiger partial charge in [-0.2, -0.15) is 0 Å². The molecule has 2 N–H and O–H groups in total. The Balaban J connectivity index is 1.76. The largest absolute Gasteiger partial charge is 0.356 e. The summed E-state index contributed by atoms with van der Waals surface area (Å²) in [5.74, 6) is 0.736. The molecule has 24 heavy (non-hydrogen) atoms. The average molecular weight is 351 g/mol. The van der Waals surface area contributed by atoms with Crippen LogP contribution < -0.4 is 10.6 Å². The monoisotopic (exact) mass is 350 g/mol. The molecule has 1 aromatic carbocycles. The predicted octanol–water partition coefficient (Wildman–Crippen LogP) is 4.25. The molecule has 0 spiro atoms. The Bertz CT molecular complexity index is 566. The zero-order valence-electron chi connectivity index (χ0n) is 14.5. The molecule has 1 fully saturated rings. The van der Waals surface area contributed by atoms with Crippen molar-refractivity contribution in [1.82, 2.24) is 5.32 Å². The number of carbonyl (C=O) groups excluding carboxylic acids is 2. The van der Waals surface area contributed by atoms with Crippen LogP contribution in [0.1, 0.15) is 46.0 Å². The highest BCUT2D eigenvalue weighted by molar-refractivity contribution is 6.33. The van der Waals surface area contributed by atoms with Crippen molar-refractivity contribution in [2.24, 2.45) is 17.8 Å². The molecule has 0 saturated heterocycles. The molecular weight excluding hydrogens is 324 g/mol. The molecule has 4 nitrogen and oxygen atoms in total. The van der Waals surface area contributed by atoms with Crippen LogP contribution >= 0.6 is 11.6 Å². The minimum Gasteiger partial charge on any atom is -0.356 e. The Morgan fingerprint density at radius 2 is 1.67 bits per heavy atom. The zero-order chi connectivity index (χ0) is 17.5. The van der Waals surface area contributed by atoms with Crippen LogP contribution in [0.25, 0.3) is 0 Å². The van der Waals surface area contributed by atoms with E-state index in [1.165, 1.54) is 0 Å². The van der Waals surface area contributed by atoms with Gasteiger partial charge < -0.3 is 10.6 Å². The summed E-state index contributed by atoms with van der Waals surface area (Å²) in [5.41, 5.74) is 0.651. The van der Waals surface area contributed by atoms with Crippen molar-refractivity contribution in [2.75, 3.05) is 11.9 Å². The van der Waals surface area contributed by atoms with Gasteiger partial charge in [0.2, 0.25) is 11.8 Å². The third kappa shape index (κ3) is 5.52. The first-order valence-electron chi connectivity index (χ1n) is 8.80. The molecular formula is C19H27ClN2O2. The Morgan fingerprint density at radius 1 is 1.08 bits per heavy atom. The van der Waals surface area contributed by atoms with Crippen molar-refractivity contribution in [3.63, 3.8) is 0 Å². The van der Waals surface area contributed by atoms with E-state index < -0.39 is 0 Å². The number of para-hydroxylation sites is 1. The summed E-state index contributed by atoms with van der Waals surface area (Å²) in [6.07, 6.45) is 4.04. The average Bonchev–Trinajstić information content (AvgIpc) is 2.56. The molecule has 1 saturated carbocycles. The molecule has 0 radical (unpaired) electrons. The third-order valence-corrected chi connectivity index (χ3v) is 4.95. The molecule has 0 aliphatic heterocycles. The van der Waals surface area contributed by atoms with Gasteiger partial charge in [-0.3, -0.25) is 9.59 Å². The predicted molar refractivity (Wildman–Crippen MR) is 98.0 cm³/mol. The van der Waals surface area contributed by atoms with Crippen LogP contribution in [-0.4, -0.2) is 18.4 Å². The summed E-state index contributed by atoms with van der Waals surface area (Å²) >= 11 is 6.07. The van der Waals surface area contributed by atoms with Crippen molar-refractivity contribution in [1.29, 1.82) is 0 Å². The van der Waals surface area contributed by atoms with Crippen LogP contribution in [0.2, 0.25) is 5.02 Å². The fourth-order valence-electron chi connectivity index (χ4n) is 3.04. The topological polar surface area (TPSA) is 58.2 Å². The molecule has 132 valence electrons. The van der Waals surface area contributed by atoms with E-state index >= 15 is 0 Å². The van der Waals surface area contributed by atoms with E-state index in [2.05, 4.69) is 24.5 Å². The van der Waals surface area contributed by atoms with E-state index in [1.807, 2.05) is 12.1 Å². The smallest absolute Gasteiger partial charge is 0.227 e. The molecule has 0 unspecified atom stereocenters. The van der Waals surface area contributed by atoms with Crippen molar-refractivity contribution in [3.05, 3.63) is 29.3 Å². The number of hydrogen-bond acceptors (Lipinski definition) is 2. The van der Waals surface area contributed by atoms with Gasteiger partial charge in [0, 0.05) is 18.4 Å². The second kappa shape index (κ2) is 9.07. The fourth-order valence-corrected chi connectivity index (χ4v) is 3.23. The van der Waals surface area contributed by atoms with Crippen molar-refractivity contribution >= 4 is 29.1 Å². The molecule has 2 rings (SSSR count). The standard InChI is InChI=1S/C19H27ClN2O2/c1-13(2)11-12-21-18(23)14-7-9-15(10-8-14)19(24)22-17-6-4-3-5-16(17)20/h3-6,13-15H,7-12H2,1-2H3,(H,21,23)(H,22,24). The van der Waals surface area contributed by atoms with E-state index in [1.54, 1.807) is 12.1 Å². The number of halogens is 1.